The Morgan fingerprint density at radius 3 is 2.78 bits per heavy atom. The van der Waals surface area contributed by atoms with Crippen LogP contribution < -0.4 is 10.1 Å². The number of ether oxygens (including phenoxy) is 1. The monoisotopic (exact) mass is 387 g/mol. The summed E-state index contributed by atoms with van der Waals surface area (Å²) < 4.78 is 6.76. The Kier molecular flexibility index (Phi) is 5.77. The van der Waals surface area contributed by atoms with Gasteiger partial charge >= 0.3 is 5.82 Å². The minimum Gasteiger partial charge on any atom is -0.494 e. The topological polar surface area (TPSA) is 112 Å². The van der Waals surface area contributed by atoms with E-state index < -0.39 is 4.92 Å². The number of aromatic nitrogens is 3. The van der Waals surface area contributed by atoms with Crippen molar-refractivity contribution < 1.29 is 14.5 Å². The largest absolute Gasteiger partial charge is 0.494 e. The molecule has 0 bridgehead atoms. The lowest BCUT2D eigenvalue weighted by Crippen LogP contribution is -2.19. The molecule has 1 aromatic carbocycles. The van der Waals surface area contributed by atoms with Gasteiger partial charge in [0, 0.05) is 10.9 Å². The summed E-state index contributed by atoms with van der Waals surface area (Å²) in [4.78, 5) is 26.5. The maximum atomic E-state index is 12.1. The fourth-order valence-corrected chi connectivity index (χ4v) is 2.98. The van der Waals surface area contributed by atoms with E-state index in [1.165, 1.54) is 28.3 Å². The van der Waals surface area contributed by atoms with E-state index in [4.69, 9.17) is 4.74 Å². The highest BCUT2D eigenvalue weighted by Gasteiger charge is 2.14. The van der Waals surface area contributed by atoms with E-state index in [9.17, 15) is 14.9 Å². The fourth-order valence-electron chi connectivity index (χ4n) is 2.25. The van der Waals surface area contributed by atoms with Gasteiger partial charge in [-0.25, -0.2) is 4.98 Å². The molecule has 0 radical (unpaired) electrons. The van der Waals surface area contributed by atoms with E-state index in [2.05, 4.69) is 15.4 Å². The number of rotatable bonds is 8. The van der Waals surface area contributed by atoms with Gasteiger partial charge in [-0.1, -0.05) is 6.92 Å². The van der Waals surface area contributed by atoms with Crippen LogP contribution in [0.3, 0.4) is 0 Å². The number of thiazole rings is 1. The summed E-state index contributed by atoms with van der Waals surface area (Å²) >= 11 is 1.30. The molecule has 0 fully saturated rings. The summed E-state index contributed by atoms with van der Waals surface area (Å²) in [6.45, 7) is 2.59. The maximum Gasteiger partial charge on any atom is 0.389 e. The van der Waals surface area contributed by atoms with Crippen LogP contribution in [0, 0.1) is 10.1 Å². The molecule has 0 saturated heterocycles. The molecule has 0 aliphatic rings. The molecule has 27 heavy (non-hydrogen) atoms. The van der Waals surface area contributed by atoms with E-state index in [0.29, 0.717) is 11.7 Å². The first-order valence-corrected chi connectivity index (χ1v) is 9.09. The van der Waals surface area contributed by atoms with Gasteiger partial charge in [0.1, 0.15) is 12.3 Å². The van der Waals surface area contributed by atoms with Crippen molar-refractivity contribution in [3.63, 3.8) is 0 Å². The molecule has 0 unspecified atom stereocenters. The first-order valence-electron chi connectivity index (χ1n) is 8.21. The van der Waals surface area contributed by atoms with Gasteiger partial charge in [0.05, 0.1) is 29.7 Å². The molecule has 0 saturated carbocycles. The molecule has 3 rings (SSSR count). The number of anilines is 1. The van der Waals surface area contributed by atoms with Gasteiger partial charge in [0.25, 0.3) is 0 Å². The Balaban J connectivity index is 1.59. The number of carbonyl (C=O) groups is 1. The van der Waals surface area contributed by atoms with E-state index in [1.807, 2.05) is 36.6 Å². The standard InChI is InChI=1S/C17H17N5O4S/c1-2-9-26-13-5-3-12(4-6-13)14-11-27-17(18-14)19-16(23)10-21-8-7-15(20-21)22(24)25/h3-8,11H,2,9-10H2,1H3,(H,18,19,23). The van der Waals surface area contributed by atoms with Crippen molar-refractivity contribution in [1.29, 1.82) is 0 Å². The quantitative estimate of drug-likeness (QED) is 0.468. The van der Waals surface area contributed by atoms with Crippen LogP contribution in [0.5, 0.6) is 5.75 Å². The Morgan fingerprint density at radius 1 is 1.33 bits per heavy atom. The molecule has 0 aliphatic carbocycles. The molecule has 1 amide bonds. The minimum absolute atomic E-state index is 0.133. The van der Waals surface area contributed by atoms with Gasteiger partial charge in [-0.3, -0.25) is 4.79 Å². The SMILES string of the molecule is CCCOc1ccc(-c2csc(NC(=O)Cn3ccc([N+](=O)[O-])n3)n2)cc1. The van der Waals surface area contributed by atoms with Gasteiger partial charge in [-0.15, -0.1) is 11.3 Å². The smallest absolute Gasteiger partial charge is 0.389 e. The lowest BCUT2D eigenvalue weighted by Gasteiger charge is -2.04. The van der Waals surface area contributed by atoms with E-state index in [1.54, 1.807) is 0 Å². The third-order valence-electron chi connectivity index (χ3n) is 3.49. The number of hydrogen-bond donors (Lipinski definition) is 1. The van der Waals surface area contributed by atoms with Crippen LogP contribution in [0.1, 0.15) is 13.3 Å². The third kappa shape index (κ3) is 4.88. The van der Waals surface area contributed by atoms with Crippen molar-refractivity contribution in [3.05, 3.63) is 52.0 Å². The molecule has 3 aromatic rings. The number of nitrogens with one attached hydrogen (secondary N) is 1. The first-order chi connectivity index (χ1) is 13.0. The Labute approximate surface area is 158 Å². The second-order valence-corrected chi connectivity index (χ2v) is 6.45. The molecule has 140 valence electrons. The second-order valence-electron chi connectivity index (χ2n) is 5.59. The van der Waals surface area contributed by atoms with Gasteiger partial charge in [0.15, 0.2) is 5.13 Å². The lowest BCUT2D eigenvalue weighted by atomic mass is 10.2. The Bertz CT molecular complexity index is 935. The normalized spacial score (nSPS) is 10.6. The molecular weight excluding hydrogens is 370 g/mol. The van der Waals surface area contributed by atoms with Crippen molar-refractivity contribution in [1.82, 2.24) is 14.8 Å². The molecule has 0 atom stereocenters. The highest BCUT2D eigenvalue weighted by atomic mass is 32.1. The minimum atomic E-state index is -0.611. The van der Waals surface area contributed by atoms with Crippen LogP contribution in [0.2, 0.25) is 0 Å². The molecule has 9 nitrogen and oxygen atoms in total. The van der Waals surface area contributed by atoms with E-state index in [-0.39, 0.29) is 18.3 Å². The second kappa shape index (κ2) is 8.41. The summed E-state index contributed by atoms with van der Waals surface area (Å²) in [5, 5.41) is 19.3. The van der Waals surface area contributed by atoms with Gasteiger partial charge in [-0.05, 0) is 35.6 Å². The molecule has 10 heteroatoms. The van der Waals surface area contributed by atoms with Gasteiger partial charge < -0.3 is 20.2 Å². The third-order valence-corrected chi connectivity index (χ3v) is 4.25. The summed E-state index contributed by atoms with van der Waals surface area (Å²) in [5.74, 6) is 0.139. The van der Waals surface area contributed by atoms with Crippen LogP contribution in [0.4, 0.5) is 10.9 Å². The predicted octanol–water partition coefficient (Wildman–Crippen LogP) is 3.34. The van der Waals surface area contributed by atoms with Crippen molar-refractivity contribution in [2.75, 3.05) is 11.9 Å². The fraction of sp³-hybridized carbons (Fsp3) is 0.235. The molecule has 2 heterocycles. The molecule has 2 aromatic heterocycles. The van der Waals surface area contributed by atoms with Crippen molar-refractivity contribution in [2.24, 2.45) is 0 Å². The molecule has 0 spiro atoms. The van der Waals surface area contributed by atoms with Crippen LogP contribution in [0.15, 0.2) is 41.9 Å². The molecule has 0 aliphatic heterocycles. The van der Waals surface area contributed by atoms with Gasteiger partial charge in [-0.2, -0.15) is 4.68 Å². The molecule has 1 N–H and O–H groups in total. The zero-order valence-corrected chi connectivity index (χ0v) is 15.3. The summed E-state index contributed by atoms with van der Waals surface area (Å²) in [6.07, 6.45) is 2.33. The Morgan fingerprint density at radius 2 is 2.11 bits per heavy atom. The van der Waals surface area contributed by atoms with Crippen molar-refractivity contribution in [2.45, 2.75) is 19.9 Å². The van der Waals surface area contributed by atoms with E-state index >= 15 is 0 Å². The average Bonchev–Trinajstić information content (AvgIpc) is 3.30. The Hall–Kier alpha value is -3.27. The zero-order chi connectivity index (χ0) is 19.2. The summed E-state index contributed by atoms with van der Waals surface area (Å²) in [7, 11) is 0. The number of carbonyl (C=O) groups excluding carboxylic acids is 1. The number of amides is 1. The number of benzene rings is 1. The summed E-state index contributed by atoms with van der Waals surface area (Å²) in [5.41, 5.74) is 1.66. The highest BCUT2D eigenvalue weighted by molar-refractivity contribution is 7.14. The number of hydrogen-bond acceptors (Lipinski definition) is 7. The van der Waals surface area contributed by atoms with Crippen LogP contribution >= 0.6 is 11.3 Å². The molecular formula is C17H17N5O4S. The predicted molar refractivity (Wildman–Crippen MR) is 101 cm³/mol. The van der Waals surface area contributed by atoms with Crippen LogP contribution in [0.25, 0.3) is 11.3 Å². The van der Waals surface area contributed by atoms with Crippen molar-refractivity contribution >= 4 is 28.2 Å². The zero-order valence-electron chi connectivity index (χ0n) is 14.5. The van der Waals surface area contributed by atoms with E-state index in [0.717, 1.165) is 23.4 Å². The highest BCUT2D eigenvalue weighted by Crippen LogP contribution is 2.26. The van der Waals surface area contributed by atoms with Crippen LogP contribution in [-0.4, -0.2) is 32.2 Å². The number of nitrogens with zero attached hydrogens (tertiary/aromatic N) is 4. The van der Waals surface area contributed by atoms with Gasteiger partial charge in [0.2, 0.25) is 5.91 Å². The van der Waals surface area contributed by atoms with Crippen molar-refractivity contribution in [3.8, 4) is 17.0 Å². The first kappa shape index (κ1) is 18.5. The lowest BCUT2D eigenvalue weighted by molar-refractivity contribution is -0.389. The average molecular weight is 387 g/mol. The van der Waals surface area contributed by atoms with Crippen LogP contribution in [-0.2, 0) is 11.3 Å². The summed E-state index contributed by atoms with van der Waals surface area (Å²) in [6, 6.07) is 8.83. The number of nitro groups is 1. The maximum absolute atomic E-state index is 12.1.